The summed E-state index contributed by atoms with van der Waals surface area (Å²) in [6.07, 6.45) is 6.13. The molecule has 0 heterocycles. The second-order valence-electron chi connectivity index (χ2n) is 9.04. The zero-order chi connectivity index (χ0) is 26.5. The molecule has 0 aromatic heterocycles. The largest absolute Gasteiger partial charge is 0.352 e. The van der Waals surface area contributed by atoms with E-state index in [9.17, 15) is 18.0 Å². The first kappa shape index (κ1) is 28.8. The Bertz CT molecular complexity index is 1210. The van der Waals surface area contributed by atoms with Crippen LogP contribution in [0, 0.1) is 0 Å². The van der Waals surface area contributed by atoms with E-state index < -0.39 is 28.5 Å². The highest BCUT2D eigenvalue weighted by Crippen LogP contribution is 2.26. The third-order valence-electron chi connectivity index (χ3n) is 6.23. The quantitative estimate of drug-likeness (QED) is 0.408. The number of amides is 2. The molecule has 1 aliphatic carbocycles. The average molecular weight is 619 g/mol. The zero-order valence-electron chi connectivity index (χ0n) is 20.2. The summed E-state index contributed by atoms with van der Waals surface area (Å²) in [5.41, 5.74) is 1.01. The van der Waals surface area contributed by atoms with Gasteiger partial charge in [0, 0.05) is 17.1 Å². The molecule has 3 rings (SSSR count). The maximum Gasteiger partial charge on any atom is 0.244 e. The van der Waals surface area contributed by atoms with Crippen LogP contribution in [0.1, 0.15) is 44.6 Å². The van der Waals surface area contributed by atoms with Crippen molar-refractivity contribution < 1.29 is 18.0 Å². The Kier molecular flexibility index (Phi) is 10.1. The Morgan fingerprint density at radius 3 is 2.39 bits per heavy atom. The second-order valence-corrected chi connectivity index (χ2v) is 12.7. The molecular weight excluding hydrogens is 589 g/mol. The molecule has 36 heavy (non-hydrogen) atoms. The molecule has 1 atom stereocenters. The summed E-state index contributed by atoms with van der Waals surface area (Å²) < 4.78 is 27.0. The van der Waals surface area contributed by atoms with E-state index in [-0.39, 0.29) is 18.5 Å². The number of halogens is 3. The van der Waals surface area contributed by atoms with Gasteiger partial charge in [-0.05, 0) is 55.7 Å². The summed E-state index contributed by atoms with van der Waals surface area (Å²) in [4.78, 5) is 28.2. The van der Waals surface area contributed by atoms with E-state index in [0.29, 0.717) is 25.8 Å². The molecule has 0 aliphatic heterocycles. The zero-order valence-corrected chi connectivity index (χ0v) is 24.1. The first-order valence-electron chi connectivity index (χ1n) is 11.7. The number of hydrogen-bond acceptors (Lipinski definition) is 4. The van der Waals surface area contributed by atoms with Gasteiger partial charge < -0.3 is 10.2 Å². The highest BCUT2D eigenvalue weighted by atomic mass is 79.9. The Balaban J connectivity index is 1.89. The van der Waals surface area contributed by atoms with Gasteiger partial charge in [-0.2, -0.15) is 0 Å². The van der Waals surface area contributed by atoms with Gasteiger partial charge in [-0.3, -0.25) is 13.9 Å². The Morgan fingerprint density at radius 2 is 1.78 bits per heavy atom. The molecule has 2 amide bonds. The number of rotatable bonds is 9. The Morgan fingerprint density at radius 1 is 1.08 bits per heavy atom. The lowest BCUT2D eigenvalue weighted by Crippen LogP contribution is -2.52. The summed E-state index contributed by atoms with van der Waals surface area (Å²) in [5, 5.41) is 3.77. The van der Waals surface area contributed by atoms with Gasteiger partial charge >= 0.3 is 0 Å². The summed E-state index contributed by atoms with van der Waals surface area (Å²) in [6.45, 7) is 1.25. The van der Waals surface area contributed by atoms with Crippen molar-refractivity contribution in [2.75, 3.05) is 17.1 Å². The minimum atomic E-state index is -3.79. The topological polar surface area (TPSA) is 86.8 Å². The van der Waals surface area contributed by atoms with Crippen LogP contribution in [0.2, 0.25) is 10.0 Å². The van der Waals surface area contributed by atoms with E-state index in [0.717, 1.165) is 42.7 Å². The fraction of sp³-hybridized carbons (Fsp3) is 0.440. The molecular formula is C25H30BrCl2N3O4S. The molecule has 0 saturated heterocycles. The fourth-order valence-electron chi connectivity index (χ4n) is 4.23. The van der Waals surface area contributed by atoms with Crippen LogP contribution in [0.15, 0.2) is 46.9 Å². The molecule has 7 nitrogen and oxygen atoms in total. The van der Waals surface area contributed by atoms with Crippen molar-refractivity contribution in [1.29, 1.82) is 0 Å². The number of carbonyl (C=O) groups excluding carboxylic acids is 2. The molecule has 2 aromatic rings. The number of benzene rings is 2. The molecule has 196 valence electrons. The van der Waals surface area contributed by atoms with Crippen molar-refractivity contribution in [3.05, 3.63) is 62.5 Å². The standard InChI is InChI=1S/C25H30BrCl2N3O4S/c1-17(25(33)29-20-8-4-3-5-9-20)30(15-18-11-12-22(27)23(28)13-18)24(32)16-31(36(2,34)35)21-10-6-7-19(26)14-21/h6-7,10-14,17,20H,3-5,8-9,15-16H2,1-2H3,(H,29,33). The van der Waals surface area contributed by atoms with Gasteiger partial charge in [-0.1, -0.05) is 70.5 Å². The molecule has 0 bridgehead atoms. The predicted molar refractivity (Wildman–Crippen MR) is 148 cm³/mol. The normalized spacial score (nSPS) is 15.2. The lowest BCUT2D eigenvalue weighted by molar-refractivity contribution is -0.139. The molecule has 0 spiro atoms. The first-order valence-corrected chi connectivity index (χ1v) is 15.1. The van der Waals surface area contributed by atoms with Crippen molar-refractivity contribution in [3.8, 4) is 0 Å². The van der Waals surface area contributed by atoms with Crippen molar-refractivity contribution in [1.82, 2.24) is 10.2 Å². The highest BCUT2D eigenvalue weighted by Gasteiger charge is 2.31. The Labute approximate surface area is 231 Å². The SMILES string of the molecule is CC(C(=O)NC1CCCCC1)N(Cc1ccc(Cl)c(Cl)c1)C(=O)CN(c1cccc(Br)c1)S(C)(=O)=O. The maximum atomic E-state index is 13.6. The number of carbonyl (C=O) groups is 2. The Hall–Kier alpha value is -1.81. The molecule has 1 N–H and O–H groups in total. The molecule has 1 unspecified atom stereocenters. The van der Waals surface area contributed by atoms with Crippen molar-refractivity contribution in [2.45, 2.75) is 57.7 Å². The van der Waals surface area contributed by atoms with Gasteiger partial charge in [-0.25, -0.2) is 8.42 Å². The van der Waals surface area contributed by atoms with E-state index >= 15 is 0 Å². The number of nitrogens with zero attached hydrogens (tertiary/aromatic N) is 2. The smallest absolute Gasteiger partial charge is 0.244 e. The number of anilines is 1. The van der Waals surface area contributed by atoms with Crippen LogP contribution in [0.4, 0.5) is 5.69 Å². The van der Waals surface area contributed by atoms with Gasteiger partial charge in [0.1, 0.15) is 12.6 Å². The van der Waals surface area contributed by atoms with Crippen molar-refractivity contribution in [2.24, 2.45) is 0 Å². The minimum Gasteiger partial charge on any atom is -0.352 e. The van der Waals surface area contributed by atoms with E-state index in [1.54, 1.807) is 49.4 Å². The van der Waals surface area contributed by atoms with Gasteiger partial charge in [-0.15, -0.1) is 0 Å². The second kappa shape index (κ2) is 12.6. The molecule has 0 radical (unpaired) electrons. The first-order chi connectivity index (χ1) is 17.0. The van der Waals surface area contributed by atoms with Crippen LogP contribution in [0.5, 0.6) is 0 Å². The van der Waals surface area contributed by atoms with Crippen molar-refractivity contribution in [3.63, 3.8) is 0 Å². The molecule has 11 heteroatoms. The van der Waals surface area contributed by atoms with E-state index in [1.807, 2.05) is 0 Å². The number of sulfonamides is 1. The lowest BCUT2D eigenvalue weighted by atomic mass is 9.95. The number of hydrogen-bond donors (Lipinski definition) is 1. The molecule has 2 aromatic carbocycles. The van der Waals surface area contributed by atoms with E-state index in [4.69, 9.17) is 23.2 Å². The van der Waals surface area contributed by atoms with Gasteiger partial charge in [0.2, 0.25) is 21.8 Å². The number of nitrogens with one attached hydrogen (secondary N) is 1. The van der Waals surface area contributed by atoms with Crippen LogP contribution < -0.4 is 9.62 Å². The van der Waals surface area contributed by atoms with Gasteiger partial charge in [0.25, 0.3) is 0 Å². The summed E-state index contributed by atoms with van der Waals surface area (Å²) in [6, 6.07) is 10.9. The van der Waals surface area contributed by atoms with Crippen LogP contribution in [0.25, 0.3) is 0 Å². The van der Waals surface area contributed by atoms with Gasteiger partial charge in [0.05, 0.1) is 22.0 Å². The lowest BCUT2D eigenvalue weighted by Gasteiger charge is -2.33. The van der Waals surface area contributed by atoms with Gasteiger partial charge in [0.15, 0.2) is 0 Å². The van der Waals surface area contributed by atoms with Crippen LogP contribution in [-0.4, -0.2) is 50.0 Å². The monoisotopic (exact) mass is 617 g/mol. The maximum absolute atomic E-state index is 13.6. The summed E-state index contributed by atoms with van der Waals surface area (Å²) in [7, 11) is -3.79. The van der Waals surface area contributed by atoms with Crippen LogP contribution >= 0.6 is 39.1 Å². The van der Waals surface area contributed by atoms with E-state index in [2.05, 4.69) is 21.2 Å². The predicted octanol–water partition coefficient (Wildman–Crippen LogP) is 5.39. The third-order valence-corrected chi connectivity index (χ3v) is 8.60. The fourth-order valence-corrected chi connectivity index (χ4v) is 5.78. The van der Waals surface area contributed by atoms with Crippen LogP contribution in [-0.2, 0) is 26.2 Å². The van der Waals surface area contributed by atoms with E-state index in [1.165, 1.54) is 4.90 Å². The molecule has 1 saturated carbocycles. The summed E-state index contributed by atoms with van der Waals surface area (Å²) in [5.74, 6) is -0.790. The molecule has 1 fully saturated rings. The average Bonchev–Trinajstić information content (AvgIpc) is 2.82. The summed E-state index contributed by atoms with van der Waals surface area (Å²) >= 11 is 15.6. The van der Waals surface area contributed by atoms with Crippen LogP contribution in [0.3, 0.4) is 0 Å². The highest BCUT2D eigenvalue weighted by molar-refractivity contribution is 9.10. The molecule has 1 aliphatic rings. The minimum absolute atomic E-state index is 0.0606. The third kappa shape index (κ3) is 7.84. The van der Waals surface area contributed by atoms with Crippen molar-refractivity contribution >= 4 is 66.7 Å².